The molecule has 0 aliphatic carbocycles. The van der Waals surface area contributed by atoms with Crippen molar-refractivity contribution >= 4 is 40.1 Å². The third-order valence-corrected chi connectivity index (χ3v) is 4.88. The van der Waals surface area contributed by atoms with Crippen molar-refractivity contribution in [1.29, 1.82) is 0 Å². The lowest BCUT2D eigenvalue weighted by atomic mass is 9.97. The van der Waals surface area contributed by atoms with Crippen LogP contribution in [0.4, 0.5) is 0 Å². The van der Waals surface area contributed by atoms with Gasteiger partial charge in [-0.2, -0.15) is 0 Å². The number of hydrogen-bond donors (Lipinski definition) is 1. The number of halogens is 2. The summed E-state index contributed by atoms with van der Waals surface area (Å²) in [6, 6.07) is 5.46. The molecule has 0 bridgehead atoms. The van der Waals surface area contributed by atoms with E-state index >= 15 is 0 Å². The highest BCUT2D eigenvalue weighted by Gasteiger charge is 2.23. The number of carbonyl (C=O) groups is 1. The molecule has 2 N–H and O–H groups in total. The first-order valence-electron chi connectivity index (χ1n) is 6.06. The van der Waals surface area contributed by atoms with Gasteiger partial charge in [0.2, 0.25) is 0 Å². The number of likely N-dealkylation sites (tertiary alicyclic amines) is 1. The minimum absolute atomic E-state index is 0.0615. The summed E-state index contributed by atoms with van der Waals surface area (Å²) < 4.78 is 0.962. The third kappa shape index (κ3) is 3.16. The number of amides is 1. The molecule has 1 amide bonds. The number of rotatable bonds is 2. The van der Waals surface area contributed by atoms with Gasteiger partial charge in [0.1, 0.15) is 0 Å². The van der Waals surface area contributed by atoms with E-state index in [1.165, 1.54) is 0 Å². The minimum atomic E-state index is 0.0615. The van der Waals surface area contributed by atoms with Gasteiger partial charge < -0.3 is 10.6 Å². The van der Waals surface area contributed by atoms with E-state index < -0.39 is 0 Å². The lowest BCUT2D eigenvalue weighted by molar-refractivity contribution is 0.0678. The van der Waals surface area contributed by atoms with Gasteiger partial charge in [0.05, 0.1) is 5.02 Å². The van der Waals surface area contributed by atoms with Crippen molar-refractivity contribution in [3.63, 3.8) is 0 Å². The Kier molecular flexibility index (Phi) is 4.86. The van der Waals surface area contributed by atoms with Crippen molar-refractivity contribution in [2.24, 2.45) is 11.7 Å². The Balaban J connectivity index is 2.12. The molecule has 1 saturated heterocycles. The zero-order valence-corrected chi connectivity index (χ0v) is 12.9. The molecule has 1 aromatic carbocycles. The van der Waals surface area contributed by atoms with Gasteiger partial charge in [-0.05, 0) is 66.1 Å². The summed E-state index contributed by atoms with van der Waals surface area (Å²) in [5, 5.41) is 0.633. The molecule has 1 aromatic rings. The first-order valence-corrected chi connectivity index (χ1v) is 7.52. The van der Waals surface area contributed by atoms with Gasteiger partial charge in [-0.25, -0.2) is 0 Å². The fourth-order valence-corrected chi connectivity index (χ4v) is 2.77. The molecule has 5 heteroatoms. The maximum atomic E-state index is 12.3. The zero-order valence-electron chi connectivity index (χ0n) is 10.0. The standard InChI is InChI=1S/C13H16ClIN2O/c14-11-6-10(3-4-12(11)15)13(18)17-5-1-2-9(7-16)8-17/h3-4,6,9H,1-2,5,7-8,16H2. The van der Waals surface area contributed by atoms with E-state index in [1.54, 1.807) is 6.07 Å². The number of benzene rings is 1. The summed E-state index contributed by atoms with van der Waals surface area (Å²) in [6.45, 7) is 2.23. The quantitative estimate of drug-likeness (QED) is 0.805. The number of nitrogens with two attached hydrogens (primary N) is 1. The molecule has 0 saturated carbocycles. The number of hydrogen-bond acceptors (Lipinski definition) is 2. The largest absolute Gasteiger partial charge is 0.338 e. The summed E-state index contributed by atoms with van der Waals surface area (Å²) in [6.07, 6.45) is 2.15. The molecule has 3 nitrogen and oxygen atoms in total. The second kappa shape index (κ2) is 6.21. The maximum Gasteiger partial charge on any atom is 0.253 e. The Hall–Kier alpha value is -0.330. The predicted octanol–water partition coefficient (Wildman–Crippen LogP) is 2.76. The van der Waals surface area contributed by atoms with Gasteiger partial charge in [0.15, 0.2) is 0 Å². The Morgan fingerprint density at radius 2 is 2.33 bits per heavy atom. The van der Waals surface area contributed by atoms with E-state index in [1.807, 2.05) is 17.0 Å². The fraction of sp³-hybridized carbons (Fsp3) is 0.462. The van der Waals surface area contributed by atoms with Gasteiger partial charge >= 0.3 is 0 Å². The second-order valence-corrected chi connectivity index (χ2v) is 6.19. The van der Waals surface area contributed by atoms with Crippen LogP contribution in [0.2, 0.25) is 5.02 Å². The average molecular weight is 379 g/mol. The van der Waals surface area contributed by atoms with Crippen molar-refractivity contribution in [3.8, 4) is 0 Å². The molecular formula is C13H16ClIN2O. The van der Waals surface area contributed by atoms with Crippen LogP contribution >= 0.6 is 34.2 Å². The highest BCUT2D eigenvalue weighted by Crippen LogP contribution is 2.22. The summed E-state index contributed by atoms with van der Waals surface area (Å²) in [5.41, 5.74) is 6.35. The fourth-order valence-electron chi connectivity index (χ4n) is 2.25. The molecule has 0 spiro atoms. The van der Waals surface area contributed by atoms with Gasteiger partial charge in [0.25, 0.3) is 5.91 Å². The molecular weight excluding hydrogens is 363 g/mol. The van der Waals surface area contributed by atoms with E-state index in [4.69, 9.17) is 17.3 Å². The van der Waals surface area contributed by atoms with Crippen LogP contribution in [0, 0.1) is 9.49 Å². The van der Waals surface area contributed by atoms with Gasteiger partial charge in [-0.3, -0.25) is 4.79 Å². The van der Waals surface area contributed by atoms with Crippen molar-refractivity contribution in [1.82, 2.24) is 4.90 Å². The minimum Gasteiger partial charge on any atom is -0.338 e. The summed E-state index contributed by atoms with van der Waals surface area (Å²) in [7, 11) is 0. The van der Waals surface area contributed by atoms with Crippen LogP contribution in [0.3, 0.4) is 0 Å². The Morgan fingerprint density at radius 3 is 3.00 bits per heavy atom. The van der Waals surface area contributed by atoms with Crippen LogP contribution in [-0.2, 0) is 0 Å². The van der Waals surface area contributed by atoms with Crippen LogP contribution in [-0.4, -0.2) is 30.4 Å². The SMILES string of the molecule is NCC1CCCN(C(=O)c2ccc(I)c(Cl)c2)C1. The smallest absolute Gasteiger partial charge is 0.253 e. The number of nitrogens with zero attached hydrogens (tertiary/aromatic N) is 1. The van der Waals surface area contributed by atoms with E-state index in [0.29, 0.717) is 23.0 Å². The van der Waals surface area contributed by atoms with E-state index in [2.05, 4.69) is 22.6 Å². The van der Waals surface area contributed by atoms with Gasteiger partial charge in [-0.1, -0.05) is 11.6 Å². The van der Waals surface area contributed by atoms with Crippen LogP contribution in [0.15, 0.2) is 18.2 Å². The van der Waals surface area contributed by atoms with Crippen LogP contribution in [0.1, 0.15) is 23.2 Å². The molecule has 98 valence electrons. The van der Waals surface area contributed by atoms with Crippen LogP contribution in [0.25, 0.3) is 0 Å². The van der Waals surface area contributed by atoms with E-state index in [0.717, 1.165) is 29.5 Å². The van der Waals surface area contributed by atoms with E-state index in [-0.39, 0.29) is 5.91 Å². The topological polar surface area (TPSA) is 46.3 Å². The number of carbonyl (C=O) groups excluding carboxylic acids is 1. The highest BCUT2D eigenvalue weighted by atomic mass is 127. The van der Waals surface area contributed by atoms with Crippen molar-refractivity contribution in [2.45, 2.75) is 12.8 Å². The Morgan fingerprint density at radius 1 is 1.56 bits per heavy atom. The maximum absolute atomic E-state index is 12.3. The Labute approximate surface area is 126 Å². The first kappa shape index (κ1) is 14.1. The normalized spacial score (nSPS) is 19.9. The first-order chi connectivity index (χ1) is 8.61. The van der Waals surface area contributed by atoms with Crippen molar-refractivity contribution in [3.05, 3.63) is 32.4 Å². The Bertz CT molecular complexity index is 453. The molecule has 1 aliphatic rings. The molecule has 1 aliphatic heterocycles. The monoisotopic (exact) mass is 378 g/mol. The second-order valence-electron chi connectivity index (χ2n) is 4.62. The number of piperidine rings is 1. The molecule has 0 aromatic heterocycles. The van der Waals surface area contributed by atoms with Crippen LogP contribution < -0.4 is 5.73 Å². The molecule has 1 atom stereocenters. The van der Waals surface area contributed by atoms with Crippen LogP contribution in [0.5, 0.6) is 0 Å². The third-order valence-electron chi connectivity index (χ3n) is 3.31. The molecule has 1 heterocycles. The molecule has 1 unspecified atom stereocenters. The molecule has 0 radical (unpaired) electrons. The van der Waals surface area contributed by atoms with E-state index in [9.17, 15) is 4.79 Å². The molecule has 18 heavy (non-hydrogen) atoms. The molecule has 1 fully saturated rings. The lowest BCUT2D eigenvalue weighted by Gasteiger charge is -2.32. The highest BCUT2D eigenvalue weighted by molar-refractivity contribution is 14.1. The average Bonchev–Trinajstić information content (AvgIpc) is 2.41. The predicted molar refractivity (Wildman–Crippen MR) is 81.9 cm³/mol. The van der Waals surface area contributed by atoms with Gasteiger partial charge in [-0.15, -0.1) is 0 Å². The lowest BCUT2D eigenvalue weighted by Crippen LogP contribution is -2.42. The van der Waals surface area contributed by atoms with Crippen molar-refractivity contribution < 1.29 is 4.79 Å². The summed E-state index contributed by atoms with van der Waals surface area (Å²) in [5.74, 6) is 0.494. The van der Waals surface area contributed by atoms with Gasteiger partial charge in [0, 0.05) is 22.2 Å². The zero-order chi connectivity index (χ0) is 13.1. The molecule has 2 rings (SSSR count). The summed E-state index contributed by atoms with van der Waals surface area (Å²) >= 11 is 8.21. The van der Waals surface area contributed by atoms with Crippen molar-refractivity contribution in [2.75, 3.05) is 19.6 Å². The summed E-state index contributed by atoms with van der Waals surface area (Å²) in [4.78, 5) is 14.2.